The van der Waals surface area contributed by atoms with Crippen LogP contribution in [0.15, 0.2) is 18.5 Å². The molecule has 0 saturated heterocycles. The minimum atomic E-state index is -1.13. The molecule has 0 aliphatic carbocycles. The number of amides is 2. The van der Waals surface area contributed by atoms with Crippen LogP contribution in [-0.2, 0) is 14.4 Å². The van der Waals surface area contributed by atoms with Crippen molar-refractivity contribution in [3.8, 4) is 0 Å². The summed E-state index contributed by atoms with van der Waals surface area (Å²) in [6.45, 7) is 2.82. The van der Waals surface area contributed by atoms with Gasteiger partial charge in [-0.1, -0.05) is 0 Å². The molecule has 2 unspecified atom stereocenters. The summed E-state index contributed by atoms with van der Waals surface area (Å²) in [7, 11) is 1.48. The molecule has 0 spiro atoms. The fourth-order valence-electron chi connectivity index (χ4n) is 1.58. The monoisotopic (exact) mass is 282 g/mol. The normalized spacial score (nSPS) is 13.3. The highest BCUT2D eigenvalue weighted by atomic mass is 16.4. The van der Waals surface area contributed by atoms with Crippen LogP contribution in [-0.4, -0.2) is 57.2 Å². The van der Waals surface area contributed by atoms with Crippen LogP contribution in [0.3, 0.4) is 0 Å². The standard InChI is InChI=1S/C12H18N4O4/c1-8(12(19)20)14-10(17)7-15(3)11(18)9(2)16-6-4-5-13-16/h4-6,8-9H,7H2,1-3H3,(H,14,17)(H,19,20). The van der Waals surface area contributed by atoms with Crippen LogP contribution in [0.25, 0.3) is 0 Å². The Morgan fingerprint density at radius 3 is 2.55 bits per heavy atom. The molecular weight excluding hydrogens is 264 g/mol. The van der Waals surface area contributed by atoms with E-state index < -0.39 is 24.0 Å². The fraction of sp³-hybridized carbons (Fsp3) is 0.500. The molecule has 2 atom stereocenters. The fourth-order valence-corrected chi connectivity index (χ4v) is 1.58. The number of nitrogens with zero attached hydrogens (tertiary/aromatic N) is 3. The van der Waals surface area contributed by atoms with Crippen LogP contribution in [0, 0.1) is 0 Å². The average molecular weight is 282 g/mol. The van der Waals surface area contributed by atoms with E-state index in [0.29, 0.717) is 0 Å². The Morgan fingerprint density at radius 1 is 1.40 bits per heavy atom. The molecule has 0 bridgehead atoms. The molecule has 110 valence electrons. The second-order valence-corrected chi connectivity index (χ2v) is 4.48. The number of carbonyl (C=O) groups is 3. The first-order valence-electron chi connectivity index (χ1n) is 6.09. The van der Waals surface area contributed by atoms with E-state index in [-0.39, 0.29) is 12.5 Å². The zero-order valence-corrected chi connectivity index (χ0v) is 11.6. The van der Waals surface area contributed by atoms with Crippen molar-refractivity contribution in [2.24, 2.45) is 0 Å². The summed E-state index contributed by atoms with van der Waals surface area (Å²) in [6, 6.07) is 0.180. The van der Waals surface area contributed by atoms with Gasteiger partial charge >= 0.3 is 5.97 Å². The van der Waals surface area contributed by atoms with Crippen molar-refractivity contribution in [2.45, 2.75) is 25.9 Å². The van der Waals surface area contributed by atoms with Gasteiger partial charge in [0.2, 0.25) is 11.8 Å². The molecule has 2 N–H and O–H groups in total. The molecular formula is C12H18N4O4. The quantitative estimate of drug-likeness (QED) is 0.731. The summed E-state index contributed by atoms with van der Waals surface area (Å²) in [4.78, 5) is 35.5. The van der Waals surface area contributed by atoms with Crippen LogP contribution >= 0.6 is 0 Å². The highest BCUT2D eigenvalue weighted by Gasteiger charge is 2.22. The SMILES string of the molecule is CC(NC(=O)CN(C)C(=O)C(C)n1cccn1)C(=O)O. The van der Waals surface area contributed by atoms with Crippen molar-refractivity contribution < 1.29 is 19.5 Å². The number of nitrogens with one attached hydrogen (secondary N) is 1. The van der Waals surface area contributed by atoms with E-state index in [4.69, 9.17) is 5.11 Å². The van der Waals surface area contributed by atoms with Crippen LogP contribution in [0.1, 0.15) is 19.9 Å². The Bertz CT molecular complexity index is 486. The van der Waals surface area contributed by atoms with E-state index in [0.717, 1.165) is 0 Å². The average Bonchev–Trinajstić information content (AvgIpc) is 2.90. The van der Waals surface area contributed by atoms with E-state index in [1.807, 2.05) is 0 Å². The molecule has 8 nitrogen and oxygen atoms in total. The van der Waals surface area contributed by atoms with Crippen LogP contribution in [0.2, 0.25) is 0 Å². The van der Waals surface area contributed by atoms with Crippen molar-refractivity contribution in [3.63, 3.8) is 0 Å². The number of carboxylic acids is 1. The molecule has 20 heavy (non-hydrogen) atoms. The van der Waals surface area contributed by atoms with Gasteiger partial charge in [0, 0.05) is 19.4 Å². The van der Waals surface area contributed by atoms with Gasteiger partial charge in [-0.25, -0.2) is 0 Å². The van der Waals surface area contributed by atoms with E-state index >= 15 is 0 Å². The molecule has 0 radical (unpaired) electrons. The lowest BCUT2D eigenvalue weighted by Crippen LogP contribution is -2.45. The number of carbonyl (C=O) groups excluding carboxylic acids is 2. The number of carboxylic acid groups (broad SMARTS) is 1. The lowest BCUT2D eigenvalue weighted by molar-refractivity contribution is -0.142. The number of aromatic nitrogens is 2. The molecule has 0 aromatic carbocycles. The first kappa shape index (κ1) is 15.7. The van der Waals surface area contributed by atoms with Gasteiger partial charge in [0.15, 0.2) is 0 Å². The van der Waals surface area contributed by atoms with E-state index in [9.17, 15) is 14.4 Å². The topological polar surface area (TPSA) is 105 Å². The van der Waals surface area contributed by atoms with Crippen molar-refractivity contribution in [1.29, 1.82) is 0 Å². The zero-order chi connectivity index (χ0) is 15.3. The molecule has 1 aromatic rings. The van der Waals surface area contributed by atoms with Gasteiger partial charge in [-0.05, 0) is 19.9 Å². The number of likely N-dealkylation sites (N-methyl/N-ethyl adjacent to an activating group) is 1. The van der Waals surface area contributed by atoms with Crippen LogP contribution in [0.4, 0.5) is 0 Å². The molecule has 0 aliphatic heterocycles. The number of hydrogen-bond acceptors (Lipinski definition) is 4. The summed E-state index contributed by atoms with van der Waals surface area (Å²) < 4.78 is 1.48. The second-order valence-electron chi connectivity index (χ2n) is 4.48. The van der Waals surface area contributed by atoms with Crippen molar-refractivity contribution in [3.05, 3.63) is 18.5 Å². The van der Waals surface area contributed by atoms with Gasteiger partial charge in [-0.15, -0.1) is 0 Å². The second kappa shape index (κ2) is 6.69. The summed E-state index contributed by atoms with van der Waals surface area (Å²) >= 11 is 0. The van der Waals surface area contributed by atoms with Crippen LogP contribution < -0.4 is 5.32 Å². The Hall–Kier alpha value is -2.38. The number of rotatable bonds is 6. The highest BCUT2D eigenvalue weighted by molar-refractivity contribution is 5.88. The number of hydrogen-bond donors (Lipinski definition) is 2. The van der Waals surface area contributed by atoms with Crippen molar-refractivity contribution >= 4 is 17.8 Å². The lowest BCUT2D eigenvalue weighted by atomic mass is 10.3. The molecule has 1 rings (SSSR count). The third-order valence-electron chi connectivity index (χ3n) is 2.78. The lowest BCUT2D eigenvalue weighted by Gasteiger charge is -2.21. The summed E-state index contributed by atoms with van der Waals surface area (Å²) in [5.41, 5.74) is 0. The highest BCUT2D eigenvalue weighted by Crippen LogP contribution is 2.06. The van der Waals surface area contributed by atoms with Gasteiger partial charge in [0.25, 0.3) is 0 Å². The summed E-state index contributed by atoms with van der Waals surface area (Å²) in [5.74, 6) is -1.94. The molecule has 1 aromatic heterocycles. The maximum atomic E-state index is 12.1. The molecule has 0 aliphatic rings. The Balaban J connectivity index is 2.53. The molecule has 8 heteroatoms. The first-order valence-corrected chi connectivity index (χ1v) is 6.09. The van der Waals surface area contributed by atoms with Crippen molar-refractivity contribution in [2.75, 3.05) is 13.6 Å². The predicted molar refractivity (Wildman–Crippen MR) is 69.8 cm³/mol. The molecule has 2 amide bonds. The molecule has 0 saturated carbocycles. The summed E-state index contributed by atoms with van der Waals surface area (Å²) in [5, 5.41) is 14.9. The minimum absolute atomic E-state index is 0.206. The van der Waals surface area contributed by atoms with Gasteiger partial charge < -0.3 is 15.3 Å². The predicted octanol–water partition coefficient (Wildman–Crippen LogP) is -0.508. The smallest absolute Gasteiger partial charge is 0.325 e. The first-order chi connectivity index (χ1) is 9.32. The van der Waals surface area contributed by atoms with Gasteiger partial charge in [-0.2, -0.15) is 5.10 Å². The maximum absolute atomic E-state index is 12.1. The molecule has 0 fully saturated rings. The third-order valence-corrected chi connectivity index (χ3v) is 2.78. The Morgan fingerprint density at radius 2 is 2.05 bits per heavy atom. The minimum Gasteiger partial charge on any atom is -0.480 e. The largest absolute Gasteiger partial charge is 0.480 e. The van der Waals surface area contributed by atoms with Crippen molar-refractivity contribution in [1.82, 2.24) is 20.0 Å². The van der Waals surface area contributed by atoms with Gasteiger partial charge in [-0.3, -0.25) is 19.1 Å². The Kier molecular flexibility index (Phi) is 5.24. The zero-order valence-electron chi connectivity index (χ0n) is 11.6. The maximum Gasteiger partial charge on any atom is 0.325 e. The van der Waals surface area contributed by atoms with Gasteiger partial charge in [0.1, 0.15) is 12.1 Å². The Labute approximate surface area is 116 Å². The van der Waals surface area contributed by atoms with E-state index in [1.165, 1.54) is 23.6 Å². The molecule has 1 heterocycles. The number of aliphatic carboxylic acids is 1. The van der Waals surface area contributed by atoms with E-state index in [2.05, 4.69) is 10.4 Å². The van der Waals surface area contributed by atoms with E-state index in [1.54, 1.807) is 25.4 Å². The van der Waals surface area contributed by atoms with Gasteiger partial charge in [0.05, 0.1) is 6.54 Å². The summed E-state index contributed by atoms with van der Waals surface area (Å²) in [6.07, 6.45) is 3.22. The van der Waals surface area contributed by atoms with Crippen LogP contribution in [0.5, 0.6) is 0 Å². The third kappa shape index (κ3) is 4.08.